The molecule has 3 aromatic rings. The number of nitrogens with zero attached hydrogens (tertiary/aromatic N) is 1. The van der Waals surface area contributed by atoms with E-state index in [4.69, 9.17) is 4.74 Å². The van der Waals surface area contributed by atoms with Crippen LogP contribution in [-0.2, 0) is 4.74 Å². The van der Waals surface area contributed by atoms with Crippen LogP contribution in [0.1, 0.15) is 38.3 Å². The highest BCUT2D eigenvalue weighted by Gasteiger charge is 2.24. The van der Waals surface area contributed by atoms with Crippen LogP contribution in [0.25, 0.3) is 0 Å². The second kappa shape index (κ2) is 6.80. The number of aryl methyl sites for hydroxylation is 2. The SMILES string of the molecule is Cc1cc(C)c(C(=O)OC(c2ccccc2)c2nccs2)c(=O)[nH]1. The van der Waals surface area contributed by atoms with Gasteiger partial charge < -0.3 is 9.72 Å². The smallest absolute Gasteiger partial charge is 0.345 e. The van der Waals surface area contributed by atoms with Crippen molar-refractivity contribution in [3.8, 4) is 0 Å². The second-order valence-electron chi connectivity index (χ2n) is 5.41. The minimum absolute atomic E-state index is 0.0260. The Balaban J connectivity index is 1.97. The highest BCUT2D eigenvalue weighted by Crippen LogP contribution is 2.28. The molecule has 24 heavy (non-hydrogen) atoms. The van der Waals surface area contributed by atoms with Crippen LogP contribution < -0.4 is 5.56 Å². The Morgan fingerprint density at radius 1 is 1.25 bits per heavy atom. The molecule has 0 fully saturated rings. The molecule has 3 rings (SSSR count). The Kier molecular flexibility index (Phi) is 4.57. The fourth-order valence-corrected chi connectivity index (χ4v) is 3.22. The van der Waals surface area contributed by atoms with Gasteiger partial charge in [0.05, 0.1) is 0 Å². The molecule has 2 heterocycles. The lowest BCUT2D eigenvalue weighted by atomic mass is 10.1. The topological polar surface area (TPSA) is 72.0 Å². The maximum Gasteiger partial charge on any atom is 0.345 e. The van der Waals surface area contributed by atoms with Gasteiger partial charge in [-0.25, -0.2) is 9.78 Å². The van der Waals surface area contributed by atoms with Crippen molar-refractivity contribution in [1.82, 2.24) is 9.97 Å². The molecule has 1 atom stereocenters. The van der Waals surface area contributed by atoms with Crippen LogP contribution in [0.4, 0.5) is 0 Å². The minimum Gasteiger partial charge on any atom is -0.446 e. The number of rotatable bonds is 4. The van der Waals surface area contributed by atoms with Crippen molar-refractivity contribution >= 4 is 17.3 Å². The fourth-order valence-electron chi connectivity index (χ4n) is 2.53. The summed E-state index contributed by atoms with van der Waals surface area (Å²) in [7, 11) is 0. The van der Waals surface area contributed by atoms with E-state index in [1.807, 2.05) is 35.7 Å². The second-order valence-corrected chi connectivity index (χ2v) is 6.33. The van der Waals surface area contributed by atoms with E-state index < -0.39 is 17.6 Å². The first-order valence-corrected chi connectivity index (χ1v) is 8.30. The summed E-state index contributed by atoms with van der Waals surface area (Å²) in [5, 5.41) is 2.49. The summed E-state index contributed by atoms with van der Waals surface area (Å²) in [6, 6.07) is 11.1. The number of aromatic amines is 1. The van der Waals surface area contributed by atoms with Gasteiger partial charge in [0.2, 0.25) is 0 Å². The molecule has 0 saturated heterocycles. The number of aromatic nitrogens is 2. The lowest BCUT2D eigenvalue weighted by Gasteiger charge is -2.16. The van der Waals surface area contributed by atoms with Crippen molar-refractivity contribution in [1.29, 1.82) is 0 Å². The van der Waals surface area contributed by atoms with Crippen LogP contribution in [0.2, 0.25) is 0 Å². The predicted octanol–water partition coefficient (Wildman–Crippen LogP) is 3.39. The van der Waals surface area contributed by atoms with Gasteiger partial charge in [0.1, 0.15) is 10.6 Å². The number of pyridine rings is 1. The number of hydrogen-bond acceptors (Lipinski definition) is 5. The van der Waals surface area contributed by atoms with Crippen LogP contribution in [0.5, 0.6) is 0 Å². The number of H-pyrrole nitrogens is 1. The molecule has 0 amide bonds. The Morgan fingerprint density at radius 3 is 2.62 bits per heavy atom. The van der Waals surface area contributed by atoms with E-state index in [-0.39, 0.29) is 5.56 Å². The van der Waals surface area contributed by atoms with E-state index in [0.717, 1.165) is 5.56 Å². The van der Waals surface area contributed by atoms with Crippen molar-refractivity contribution in [3.05, 3.63) is 85.7 Å². The summed E-state index contributed by atoms with van der Waals surface area (Å²) < 4.78 is 5.66. The Morgan fingerprint density at radius 2 is 2.00 bits per heavy atom. The van der Waals surface area contributed by atoms with E-state index in [1.165, 1.54) is 11.3 Å². The summed E-state index contributed by atoms with van der Waals surface area (Å²) in [6.45, 7) is 3.49. The average molecular weight is 340 g/mol. The number of thiazole rings is 1. The van der Waals surface area contributed by atoms with Crippen LogP contribution in [0, 0.1) is 13.8 Å². The zero-order chi connectivity index (χ0) is 17.1. The van der Waals surface area contributed by atoms with Gasteiger partial charge in [-0.2, -0.15) is 0 Å². The standard InChI is InChI=1S/C18H16N2O3S/c1-11-10-12(2)20-16(21)14(11)18(22)23-15(17-19-8-9-24-17)13-6-4-3-5-7-13/h3-10,15H,1-2H3,(H,20,21). The molecule has 0 aliphatic heterocycles. The maximum atomic E-state index is 12.6. The molecule has 6 heteroatoms. The third kappa shape index (κ3) is 3.28. The van der Waals surface area contributed by atoms with Crippen molar-refractivity contribution in [2.45, 2.75) is 20.0 Å². The molecule has 0 bridgehead atoms. The normalized spacial score (nSPS) is 11.9. The quantitative estimate of drug-likeness (QED) is 0.739. The number of esters is 1. The van der Waals surface area contributed by atoms with Gasteiger partial charge in [-0.3, -0.25) is 4.79 Å². The first-order valence-electron chi connectivity index (χ1n) is 7.42. The summed E-state index contributed by atoms with van der Waals surface area (Å²) in [4.78, 5) is 31.6. The third-order valence-electron chi connectivity index (χ3n) is 3.57. The van der Waals surface area contributed by atoms with E-state index in [0.29, 0.717) is 16.3 Å². The van der Waals surface area contributed by atoms with Gasteiger partial charge in [-0.15, -0.1) is 11.3 Å². The van der Waals surface area contributed by atoms with Gasteiger partial charge in [0, 0.05) is 17.3 Å². The zero-order valence-corrected chi connectivity index (χ0v) is 14.1. The van der Waals surface area contributed by atoms with Crippen molar-refractivity contribution in [2.24, 2.45) is 0 Å². The molecule has 0 aliphatic rings. The monoisotopic (exact) mass is 340 g/mol. The Bertz CT molecular complexity index is 902. The average Bonchev–Trinajstić information content (AvgIpc) is 3.06. The molecule has 0 aliphatic carbocycles. The molecule has 1 N–H and O–H groups in total. The highest BCUT2D eigenvalue weighted by molar-refractivity contribution is 7.09. The molecule has 0 spiro atoms. The molecular weight excluding hydrogens is 324 g/mol. The highest BCUT2D eigenvalue weighted by atomic mass is 32.1. The molecule has 2 aromatic heterocycles. The van der Waals surface area contributed by atoms with E-state index in [2.05, 4.69) is 9.97 Å². The van der Waals surface area contributed by atoms with Crippen molar-refractivity contribution in [2.75, 3.05) is 0 Å². The Hall–Kier alpha value is -2.73. The number of carbonyl (C=O) groups excluding carboxylic acids is 1. The van der Waals surface area contributed by atoms with Crippen molar-refractivity contribution in [3.63, 3.8) is 0 Å². The van der Waals surface area contributed by atoms with Gasteiger partial charge in [0.25, 0.3) is 5.56 Å². The molecule has 1 aromatic carbocycles. The molecule has 0 radical (unpaired) electrons. The van der Waals surface area contributed by atoms with Crippen molar-refractivity contribution < 1.29 is 9.53 Å². The molecule has 5 nitrogen and oxygen atoms in total. The molecular formula is C18H16N2O3S. The summed E-state index contributed by atoms with van der Waals surface area (Å²) >= 11 is 1.40. The lowest BCUT2D eigenvalue weighted by molar-refractivity contribution is 0.0374. The number of benzene rings is 1. The number of hydrogen-bond donors (Lipinski definition) is 1. The summed E-state index contributed by atoms with van der Waals surface area (Å²) in [6.07, 6.45) is 1.02. The first-order chi connectivity index (χ1) is 11.6. The van der Waals surface area contributed by atoms with E-state index >= 15 is 0 Å². The van der Waals surface area contributed by atoms with Gasteiger partial charge in [0.15, 0.2) is 6.10 Å². The number of nitrogens with one attached hydrogen (secondary N) is 1. The van der Waals surface area contributed by atoms with E-state index in [1.54, 1.807) is 26.1 Å². The molecule has 1 unspecified atom stereocenters. The van der Waals surface area contributed by atoms with Crippen LogP contribution in [0.3, 0.4) is 0 Å². The minimum atomic E-state index is -0.655. The van der Waals surface area contributed by atoms with E-state index in [9.17, 15) is 9.59 Å². The maximum absolute atomic E-state index is 12.6. The third-order valence-corrected chi connectivity index (χ3v) is 4.39. The predicted molar refractivity (Wildman–Crippen MR) is 92.4 cm³/mol. The number of ether oxygens (including phenoxy) is 1. The van der Waals surface area contributed by atoms with Crippen LogP contribution in [0.15, 0.2) is 52.8 Å². The molecule has 122 valence electrons. The Labute approximate surface area is 143 Å². The first kappa shape index (κ1) is 16.1. The fraction of sp³-hybridized carbons (Fsp3) is 0.167. The van der Waals surface area contributed by atoms with Crippen LogP contribution >= 0.6 is 11.3 Å². The van der Waals surface area contributed by atoms with Gasteiger partial charge >= 0.3 is 5.97 Å². The van der Waals surface area contributed by atoms with Gasteiger partial charge in [-0.1, -0.05) is 30.3 Å². The van der Waals surface area contributed by atoms with Crippen LogP contribution in [-0.4, -0.2) is 15.9 Å². The lowest BCUT2D eigenvalue weighted by Crippen LogP contribution is -2.24. The summed E-state index contributed by atoms with van der Waals surface area (Å²) in [5.74, 6) is -0.655. The van der Waals surface area contributed by atoms with Gasteiger partial charge in [-0.05, 0) is 31.0 Å². The zero-order valence-electron chi connectivity index (χ0n) is 13.3. The summed E-state index contributed by atoms with van der Waals surface area (Å²) in [5.41, 5.74) is 1.68. The number of carbonyl (C=O) groups is 1. The largest absolute Gasteiger partial charge is 0.446 e. The molecule has 0 saturated carbocycles.